The van der Waals surface area contributed by atoms with Gasteiger partial charge in [0, 0.05) is 26.7 Å². The Morgan fingerprint density at radius 2 is 1.75 bits per heavy atom. The third-order valence-corrected chi connectivity index (χ3v) is 4.84. The standard InChI is InChI=1S/C20H27N3O5/c1-20(2,3)28-19(26)21-15-11-22(9-10-27-4)12-16(15)23-17(24)13-7-5-6-8-14(13)18(23)25/h5-8,15-16H,9-12H2,1-4H3,(H,21,26)/t15-,16?/m1/s1. The van der Waals surface area contributed by atoms with Gasteiger partial charge in [-0.2, -0.15) is 0 Å². The molecule has 0 spiro atoms. The number of benzene rings is 1. The zero-order valence-corrected chi connectivity index (χ0v) is 16.7. The van der Waals surface area contributed by atoms with Crippen molar-refractivity contribution < 1.29 is 23.9 Å². The van der Waals surface area contributed by atoms with E-state index in [-0.39, 0.29) is 11.8 Å². The second-order valence-corrected chi connectivity index (χ2v) is 8.10. The molecular weight excluding hydrogens is 362 g/mol. The summed E-state index contributed by atoms with van der Waals surface area (Å²) in [4.78, 5) is 41.4. The van der Waals surface area contributed by atoms with E-state index >= 15 is 0 Å². The number of alkyl carbamates (subject to hydrolysis) is 1. The van der Waals surface area contributed by atoms with Gasteiger partial charge in [-0.1, -0.05) is 12.1 Å². The van der Waals surface area contributed by atoms with Gasteiger partial charge < -0.3 is 14.8 Å². The molecule has 8 nitrogen and oxygen atoms in total. The number of hydrogen-bond acceptors (Lipinski definition) is 6. The maximum Gasteiger partial charge on any atom is 0.407 e. The zero-order chi connectivity index (χ0) is 20.5. The number of carbonyl (C=O) groups excluding carboxylic acids is 3. The number of nitrogens with one attached hydrogen (secondary N) is 1. The summed E-state index contributed by atoms with van der Waals surface area (Å²) < 4.78 is 10.5. The Morgan fingerprint density at radius 3 is 2.29 bits per heavy atom. The first-order chi connectivity index (χ1) is 13.2. The summed E-state index contributed by atoms with van der Waals surface area (Å²) in [5, 5.41) is 2.85. The molecule has 1 fully saturated rings. The van der Waals surface area contributed by atoms with Gasteiger partial charge in [-0.15, -0.1) is 0 Å². The number of methoxy groups -OCH3 is 1. The Labute approximate surface area is 164 Å². The van der Waals surface area contributed by atoms with Crippen LogP contribution in [0.1, 0.15) is 41.5 Å². The Balaban J connectivity index is 1.81. The number of imide groups is 1. The summed E-state index contributed by atoms with van der Waals surface area (Å²) in [6.07, 6.45) is -0.562. The molecule has 8 heteroatoms. The molecule has 28 heavy (non-hydrogen) atoms. The Kier molecular flexibility index (Phi) is 5.71. The molecule has 0 saturated carbocycles. The van der Waals surface area contributed by atoms with Crippen molar-refractivity contribution in [2.45, 2.75) is 38.5 Å². The van der Waals surface area contributed by atoms with E-state index in [4.69, 9.17) is 9.47 Å². The molecule has 1 unspecified atom stereocenters. The lowest BCUT2D eigenvalue weighted by Gasteiger charge is -2.28. The van der Waals surface area contributed by atoms with Crippen LogP contribution in [0.5, 0.6) is 0 Å². The largest absolute Gasteiger partial charge is 0.444 e. The fraction of sp³-hybridized carbons (Fsp3) is 0.550. The van der Waals surface area contributed by atoms with Crippen LogP contribution in [0.25, 0.3) is 0 Å². The summed E-state index contributed by atoms with van der Waals surface area (Å²) >= 11 is 0. The monoisotopic (exact) mass is 389 g/mol. The number of hydrogen-bond donors (Lipinski definition) is 1. The molecule has 2 aliphatic rings. The molecule has 0 aromatic heterocycles. The highest BCUT2D eigenvalue weighted by Crippen LogP contribution is 2.28. The summed E-state index contributed by atoms with van der Waals surface area (Å²) in [6.45, 7) is 7.49. The van der Waals surface area contributed by atoms with Crippen LogP contribution in [0.15, 0.2) is 24.3 Å². The van der Waals surface area contributed by atoms with Crippen molar-refractivity contribution in [2.75, 3.05) is 33.4 Å². The van der Waals surface area contributed by atoms with Crippen molar-refractivity contribution >= 4 is 17.9 Å². The molecule has 1 aromatic carbocycles. The van der Waals surface area contributed by atoms with Crippen LogP contribution in [0.3, 0.4) is 0 Å². The van der Waals surface area contributed by atoms with Gasteiger partial charge in [0.05, 0.1) is 29.8 Å². The molecule has 0 bridgehead atoms. The lowest BCUT2D eigenvalue weighted by Crippen LogP contribution is -2.53. The third kappa shape index (κ3) is 4.18. The molecule has 2 aliphatic heterocycles. The average Bonchev–Trinajstić information content (AvgIpc) is 3.10. The molecule has 1 saturated heterocycles. The lowest BCUT2D eigenvalue weighted by molar-refractivity contribution is 0.0442. The summed E-state index contributed by atoms with van der Waals surface area (Å²) in [7, 11) is 1.62. The van der Waals surface area contributed by atoms with Crippen molar-refractivity contribution in [3.8, 4) is 0 Å². The topological polar surface area (TPSA) is 88.2 Å². The summed E-state index contributed by atoms with van der Waals surface area (Å²) in [5.74, 6) is -0.648. The lowest BCUT2D eigenvalue weighted by atomic mass is 10.1. The van der Waals surface area contributed by atoms with Crippen molar-refractivity contribution in [3.05, 3.63) is 35.4 Å². The van der Waals surface area contributed by atoms with Gasteiger partial charge in [0.1, 0.15) is 5.60 Å². The zero-order valence-electron chi connectivity index (χ0n) is 16.7. The van der Waals surface area contributed by atoms with E-state index in [1.54, 1.807) is 52.1 Å². The van der Waals surface area contributed by atoms with Crippen molar-refractivity contribution in [1.29, 1.82) is 0 Å². The number of likely N-dealkylation sites (tertiary alicyclic amines) is 1. The Hall–Kier alpha value is -2.45. The van der Waals surface area contributed by atoms with E-state index in [0.29, 0.717) is 37.4 Å². The minimum Gasteiger partial charge on any atom is -0.444 e. The van der Waals surface area contributed by atoms with Crippen LogP contribution >= 0.6 is 0 Å². The number of rotatable bonds is 5. The molecular formula is C20H27N3O5. The smallest absolute Gasteiger partial charge is 0.407 e. The van der Waals surface area contributed by atoms with Crippen LogP contribution in [-0.2, 0) is 9.47 Å². The van der Waals surface area contributed by atoms with Crippen LogP contribution in [-0.4, -0.2) is 78.7 Å². The molecule has 1 aromatic rings. The maximum atomic E-state index is 12.9. The fourth-order valence-electron chi connectivity index (χ4n) is 3.64. The first-order valence-electron chi connectivity index (χ1n) is 9.39. The van der Waals surface area contributed by atoms with E-state index < -0.39 is 23.8 Å². The highest BCUT2D eigenvalue weighted by Gasteiger charge is 2.47. The number of fused-ring (bicyclic) bond motifs is 1. The number of carbonyl (C=O) groups is 3. The quantitative estimate of drug-likeness (QED) is 0.768. The van der Waals surface area contributed by atoms with E-state index in [2.05, 4.69) is 10.2 Å². The molecule has 3 amide bonds. The fourth-order valence-corrected chi connectivity index (χ4v) is 3.64. The van der Waals surface area contributed by atoms with E-state index in [1.165, 1.54) is 4.90 Å². The Morgan fingerprint density at radius 1 is 1.14 bits per heavy atom. The molecule has 2 heterocycles. The van der Waals surface area contributed by atoms with Crippen molar-refractivity contribution in [1.82, 2.24) is 15.1 Å². The summed E-state index contributed by atoms with van der Waals surface area (Å²) in [5.41, 5.74) is 0.168. The first-order valence-corrected chi connectivity index (χ1v) is 9.39. The number of ether oxygens (including phenoxy) is 2. The van der Waals surface area contributed by atoms with Crippen molar-refractivity contribution in [2.24, 2.45) is 0 Å². The third-order valence-electron chi connectivity index (χ3n) is 4.84. The first kappa shape index (κ1) is 20.3. The van der Waals surface area contributed by atoms with Crippen LogP contribution in [0.2, 0.25) is 0 Å². The maximum absolute atomic E-state index is 12.9. The van der Waals surface area contributed by atoms with Gasteiger partial charge in [0.15, 0.2) is 0 Å². The Bertz CT molecular complexity index is 738. The average molecular weight is 389 g/mol. The van der Waals surface area contributed by atoms with E-state index in [0.717, 1.165) is 0 Å². The number of amides is 3. The second kappa shape index (κ2) is 7.89. The van der Waals surface area contributed by atoms with Crippen LogP contribution < -0.4 is 5.32 Å². The van der Waals surface area contributed by atoms with Gasteiger partial charge >= 0.3 is 6.09 Å². The van der Waals surface area contributed by atoms with Gasteiger partial charge in [0.25, 0.3) is 11.8 Å². The van der Waals surface area contributed by atoms with Gasteiger partial charge in [-0.3, -0.25) is 19.4 Å². The van der Waals surface area contributed by atoms with Crippen molar-refractivity contribution in [3.63, 3.8) is 0 Å². The molecule has 3 rings (SSSR count). The number of nitrogens with zero attached hydrogens (tertiary/aromatic N) is 2. The van der Waals surface area contributed by atoms with Gasteiger partial charge in [0.2, 0.25) is 0 Å². The normalized spacial score (nSPS) is 22.5. The molecule has 152 valence electrons. The predicted molar refractivity (Wildman–Crippen MR) is 102 cm³/mol. The highest BCUT2D eigenvalue weighted by atomic mass is 16.6. The SMILES string of the molecule is COCCN1CC(N2C(=O)c3ccccc3C2=O)[C@H](NC(=O)OC(C)(C)C)C1. The molecule has 0 aliphatic carbocycles. The minimum atomic E-state index is -0.635. The summed E-state index contributed by atoms with van der Waals surface area (Å²) in [6, 6.07) is 5.89. The van der Waals surface area contributed by atoms with E-state index in [9.17, 15) is 14.4 Å². The second-order valence-electron chi connectivity index (χ2n) is 8.10. The van der Waals surface area contributed by atoms with Crippen LogP contribution in [0, 0.1) is 0 Å². The highest BCUT2D eigenvalue weighted by molar-refractivity contribution is 6.21. The van der Waals surface area contributed by atoms with Gasteiger partial charge in [-0.05, 0) is 32.9 Å². The van der Waals surface area contributed by atoms with Crippen LogP contribution in [0.4, 0.5) is 4.79 Å². The predicted octanol–water partition coefficient (Wildman–Crippen LogP) is 1.51. The molecule has 1 N–H and O–H groups in total. The molecule has 2 atom stereocenters. The van der Waals surface area contributed by atoms with Gasteiger partial charge in [-0.25, -0.2) is 4.79 Å². The molecule has 0 radical (unpaired) electrons. The van der Waals surface area contributed by atoms with E-state index in [1.807, 2.05) is 0 Å². The minimum absolute atomic E-state index is 0.324.